The minimum absolute atomic E-state index is 0.568. The van der Waals surface area contributed by atoms with Crippen molar-refractivity contribution < 1.29 is 0 Å². The van der Waals surface area contributed by atoms with E-state index in [4.69, 9.17) is 0 Å². The smallest absolute Gasteiger partial charge is 0.101 e. The zero-order valence-corrected chi connectivity index (χ0v) is 12.0. The summed E-state index contributed by atoms with van der Waals surface area (Å²) in [6, 6.07) is 8.32. The fraction of sp³-hybridized carbons (Fsp3) is 0.533. The lowest BCUT2D eigenvalue weighted by molar-refractivity contribution is 0.139. The SMILES string of the molecule is N#Cc1cc(Br)ccc1N1CC2(CCCCC2)C1. The Kier molecular flexibility index (Phi) is 3.07. The van der Waals surface area contributed by atoms with Gasteiger partial charge in [0.25, 0.3) is 0 Å². The van der Waals surface area contributed by atoms with Crippen molar-refractivity contribution in [3.05, 3.63) is 28.2 Å². The van der Waals surface area contributed by atoms with Gasteiger partial charge in [-0.25, -0.2) is 0 Å². The van der Waals surface area contributed by atoms with Gasteiger partial charge >= 0.3 is 0 Å². The maximum atomic E-state index is 9.22. The summed E-state index contributed by atoms with van der Waals surface area (Å²) in [6.45, 7) is 2.28. The van der Waals surface area contributed by atoms with Crippen LogP contribution in [0.5, 0.6) is 0 Å². The van der Waals surface area contributed by atoms with Gasteiger partial charge in [0.1, 0.15) is 6.07 Å². The first kappa shape index (κ1) is 12.0. The number of rotatable bonds is 1. The molecule has 0 unspecified atom stereocenters. The fourth-order valence-electron chi connectivity index (χ4n) is 3.43. The summed E-state index contributed by atoms with van der Waals surface area (Å²) < 4.78 is 0.982. The van der Waals surface area contributed by atoms with E-state index < -0.39 is 0 Å². The minimum Gasteiger partial charge on any atom is -0.369 e. The summed E-state index contributed by atoms with van der Waals surface area (Å²) >= 11 is 3.43. The van der Waals surface area contributed by atoms with E-state index in [1.165, 1.54) is 32.1 Å². The Balaban J connectivity index is 1.77. The molecule has 0 radical (unpaired) electrons. The Hall–Kier alpha value is -1.01. The third kappa shape index (κ3) is 2.03. The number of hydrogen-bond donors (Lipinski definition) is 0. The number of nitrogens with zero attached hydrogens (tertiary/aromatic N) is 2. The van der Waals surface area contributed by atoms with E-state index in [2.05, 4.69) is 33.0 Å². The largest absolute Gasteiger partial charge is 0.369 e. The van der Waals surface area contributed by atoms with E-state index in [9.17, 15) is 5.26 Å². The van der Waals surface area contributed by atoms with Crippen LogP contribution in [-0.4, -0.2) is 13.1 Å². The molecule has 0 atom stereocenters. The van der Waals surface area contributed by atoms with Crippen LogP contribution in [0, 0.1) is 16.7 Å². The van der Waals surface area contributed by atoms with Gasteiger partial charge in [0.15, 0.2) is 0 Å². The molecule has 18 heavy (non-hydrogen) atoms. The molecule has 3 rings (SSSR count). The monoisotopic (exact) mass is 304 g/mol. The molecule has 1 aromatic carbocycles. The third-order valence-electron chi connectivity index (χ3n) is 4.39. The van der Waals surface area contributed by atoms with Crippen molar-refractivity contribution >= 4 is 21.6 Å². The number of hydrogen-bond acceptors (Lipinski definition) is 2. The number of benzene rings is 1. The van der Waals surface area contributed by atoms with Gasteiger partial charge in [-0.15, -0.1) is 0 Å². The second kappa shape index (κ2) is 4.59. The molecule has 0 amide bonds. The van der Waals surface area contributed by atoms with Crippen LogP contribution in [0.15, 0.2) is 22.7 Å². The van der Waals surface area contributed by atoms with E-state index in [1.54, 1.807) is 0 Å². The average molecular weight is 305 g/mol. The van der Waals surface area contributed by atoms with Gasteiger partial charge in [0.05, 0.1) is 11.3 Å². The predicted molar refractivity (Wildman–Crippen MR) is 76.6 cm³/mol. The van der Waals surface area contributed by atoms with Crippen molar-refractivity contribution in [2.45, 2.75) is 32.1 Å². The summed E-state index contributed by atoms with van der Waals surface area (Å²) in [5.74, 6) is 0. The molecular weight excluding hydrogens is 288 g/mol. The van der Waals surface area contributed by atoms with Crippen LogP contribution in [0.25, 0.3) is 0 Å². The number of halogens is 1. The summed E-state index contributed by atoms with van der Waals surface area (Å²) in [7, 11) is 0. The Labute approximate surface area is 117 Å². The second-order valence-electron chi connectivity index (χ2n) is 5.69. The molecular formula is C15H17BrN2. The van der Waals surface area contributed by atoms with Crippen LogP contribution in [0.4, 0.5) is 5.69 Å². The lowest BCUT2D eigenvalue weighted by Gasteiger charge is -2.53. The highest BCUT2D eigenvalue weighted by Crippen LogP contribution is 2.46. The van der Waals surface area contributed by atoms with Crippen LogP contribution in [0.3, 0.4) is 0 Å². The minimum atomic E-state index is 0.568. The molecule has 94 valence electrons. The molecule has 2 nitrogen and oxygen atoms in total. The highest BCUT2D eigenvalue weighted by molar-refractivity contribution is 9.10. The van der Waals surface area contributed by atoms with E-state index in [0.717, 1.165) is 28.8 Å². The third-order valence-corrected chi connectivity index (χ3v) is 4.88. The summed E-state index contributed by atoms with van der Waals surface area (Å²) in [5.41, 5.74) is 2.46. The topological polar surface area (TPSA) is 27.0 Å². The standard InChI is InChI=1S/C15H17BrN2/c16-13-4-5-14(12(8-13)9-17)18-10-15(11-18)6-2-1-3-7-15/h4-5,8H,1-3,6-7,10-11H2. The zero-order chi connectivity index (χ0) is 12.6. The van der Waals surface area contributed by atoms with Crippen LogP contribution in [-0.2, 0) is 0 Å². The molecule has 1 aromatic rings. The molecule has 2 aliphatic rings. The average Bonchev–Trinajstić information content (AvgIpc) is 2.37. The summed E-state index contributed by atoms with van der Waals surface area (Å²) in [5, 5.41) is 9.22. The van der Waals surface area contributed by atoms with E-state index >= 15 is 0 Å². The fourth-order valence-corrected chi connectivity index (χ4v) is 3.79. The first-order valence-electron chi connectivity index (χ1n) is 6.67. The van der Waals surface area contributed by atoms with Crippen molar-refractivity contribution in [3.63, 3.8) is 0 Å². The summed E-state index contributed by atoms with van der Waals surface area (Å²) in [6.07, 6.45) is 6.94. The van der Waals surface area contributed by atoms with Gasteiger partial charge in [0.2, 0.25) is 0 Å². The molecule has 0 aromatic heterocycles. The van der Waals surface area contributed by atoms with Crippen molar-refractivity contribution in [3.8, 4) is 6.07 Å². The normalized spacial score (nSPS) is 21.4. The van der Waals surface area contributed by atoms with Gasteiger partial charge in [-0.1, -0.05) is 35.2 Å². The predicted octanol–water partition coefficient (Wildman–Crippen LogP) is 4.09. The molecule has 1 heterocycles. The molecule has 0 bridgehead atoms. The second-order valence-corrected chi connectivity index (χ2v) is 6.61. The first-order valence-corrected chi connectivity index (χ1v) is 7.46. The molecule has 1 saturated heterocycles. The Bertz CT molecular complexity index is 490. The zero-order valence-electron chi connectivity index (χ0n) is 10.5. The highest BCUT2D eigenvalue weighted by atomic mass is 79.9. The van der Waals surface area contributed by atoms with Gasteiger partial charge < -0.3 is 4.90 Å². The van der Waals surface area contributed by atoms with Crippen LogP contribution < -0.4 is 4.90 Å². The van der Waals surface area contributed by atoms with Crippen molar-refractivity contribution in [1.82, 2.24) is 0 Å². The first-order chi connectivity index (χ1) is 8.72. The maximum absolute atomic E-state index is 9.22. The van der Waals surface area contributed by atoms with Gasteiger partial charge in [-0.2, -0.15) is 5.26 Å². The molecule has 2 fully saturated rings. The lowest BCUT2D eigenvalue weighted by atomic mass is 9.68. The van der Waals surface area contributed by atoms with Crippen molar-refractivity contribution in [2.75, 3.05) is 18.0 Å². The van der Waals surface area contributed by atoms with E-state index in [-0.39, 0.29) is 0 Å². The highest BCUT2D eigenvalue weighted by Gasteiger charge is 2.43. The summed E-state index contributed by atoms with van der Waals surface area (Å²) in [4.78, 5) is 2.37. The van der Waals surface area contributed by atoms with Crippen LogP contribution >= 0.6 is 15.9 Å². The molecule has 3 heteroatoms. The van der Waals surface area contributed by atoms with Crippen molar-refractivity contribution in [2.24, 2.45) is 5.41 Å². The van der Waals surface area contributed by atoms with Gasteiger partial charge in [-0.05, 0) is 31.0 Å². The van der Waals surface area contributed by atoms with Gasteiger partial charge in [0, 0.05) is 23.0 Å². The van der Waals surface area contributed by atoms with Crippen LogP contribution in [0.1, 0.15) is 37.7 Å². The molecule has 1 spiro atoms. The van der Waals surface area contributed by atoms with Crippen molar-refractivity contribution in [1.29, 1.82) is 5.26 Å². The molecule has 0 N–H and O–H groups in total. The molecule has 1 aliphatic carbocycles. The van der Waals surface area contributed by atoms with E-state index in [0.29, 0.717) is 5.41 Å². The van der Waals surface area contributed by atoms with E-state index in [1.807, 2.05) is 12.1 Å². The molecule has 1 saturated carbocycles. The lowest BCUT2D eigenvalue weighted by Crippen LogP contribution is -2.57. The van der Waals surface area contributed by atoms with Gasteiger partial charge in [-0.3, -0.25) is 0 Å². The Morgan fingerprint density at radius 2 is 1.89 bits per heavy atom. The molecule has 1 aliphatic heterocycles. The Morgan fingerprint density at radius 1 is 1.17 bits per heavy atom. The maximum Gasteiger partial charge on any atom is 0.101 e. The van der Waals surface area contributed by atoms with Crippen LogP contribution in [0.2, 0.25) is 0 Å². The quantitative estimate of drug-likeness (QED) is 0.781. The Morgan fingerprint density at radius 3 is 2.56 bits per heavy atom. The number of nitriles is 1. The number of anilines is 1.